The van der Waals surface area contributed by atoms with Crippen molar-refractivity contribution < 1.29 is 14.9 Å². The van der Waals surface area contributed by atoms with Crippen LogP contribution in [0.25, 0.3) is 0 Å². The molecule has 22 heavy (non-hydrogen) atoms. The number of hydrogen-bond donors (Lipinski definition) is 2. The lowest BCUT2D eigenvalue weighted by Gasteiger charge is -2.35. The molecule has 0 saturated carbocycles. The van der Waals surface area contributed by atoms with Gasteiger partial charge in [0.1, 0.15) is 6.10 Å². The first kappa shape index (κ1) is 13.6. The second-order valence-electron chi connectivity index (χ2n) is 6.38. The SMILES string of the molecule is N#CCN1CCC23C=C[C@H](O)CC2Oc2c(O)ccc(c23)C1. The van der Waals surface area contributed by atoms with Crippen LogP contribution in [0.1, 0.15) is 24.0 Å². The van der Waals surface area contributed by atoms with Crippen molar-refractivity contribution in [1.29, 1.82) is 5.26 Å². The zero-order valence-electron chi connectivity index (χ0n) is 12.2. The van der Waals surface area contributed by atoms with E-state index in [-0.39, 0.29) is 17.3 Å². The molecule has 1 aromatic rings. The number of phenolic OH excluding ortho intramolecular Hbond substituents is 1. The third-order valence-corrected chi connectivity index (χ3v) is 5.12. The lowest BCUT2D eigenvalue weighted by atomic mass is 9.69. The normalized spacial score (nSPS) is 32.5. The summed E-state index contributed by atoms with van der Waals surface area (Å²) in [5.74, 6) is 0.712. The van der Waals surface area contributed by atoms with E-state index in [9.17, 15) is 10.2 Å². The van der Waals surface area contributed by atoms with Crippen LogP contribution in [0.3, 0.4) is 0 Å². The maximum atomic E-state index is 10.2. The van der Waals surface area contributed by atoms with Crippen molar-refractivity contribution >= 4 is 0 Å². The molecule has 4 rings (SSSR count). The van der Waals surface area contributed by atoms with E-state index in [1.165, 1.54) is 0 Å². The Kier molecular flexibility index (Phi) is 2.93. The van der Waals surface area contributed by atoms with Gasteiger partial charge in [-0.2, -0.15) is 5.26 Å². The molecule has 0 radical (unpaired) electrons. The Labute approximate surface area is 129 Å². The van der Waals surface area contributed by atoms with Crippen LogP contribution in [-0.2, 0) is 12.0 Å². The summed E-state index contributed by atoms with van der Waals surface area (Å²) in [5.41, 5.74) is 1.84. The van der Waals surface area contributed by atoms with Crippen LogP contribution >= 0.6 is 0 Å². The molecule has 0 amide bonds. The minimum Gasteiger partial charge on any atom is -0.504 e. The third-order valence-electron chi connectivity index (χ3n) is 5.12. The average Bonchev–Trinajstić information content (AvgIpc) is 2.75. The number of hydrogen-bond acceptors (Lipinski definition) is 5. The van der Waals surface area contributed by atoms with E-state index in [2.05, 4.69) is 17.0 Å². The topological polar surface area (TPSA) is 76.7 Å². The van der Waals surface area contributed by atoms with Crippen molar-refractivity contribution in [2.75, 3.05) is 13.1 Å². The fourth-order valence-electron chi connectivity index (χ4n) is 4.08. The van der Waals surface area contributed by atoms with Crippen molar-refractivity contribution in [3.05, 3.63) is 35.4 Å². The third kappa shape index (κ3) is 1.78. The number of aromatic hydroxyl groups is 1. The first-order valence-electron chi connectivity index (χ1n) is 7.63. The fraction of sp³-hybridized carbons (Fsp3) is 0.471. The first-order valence-corrected chi connectivity index (χ1v) is 7.63. The molecular weight excluding hydrogens is 280 g/mol. The minimum atomic E-state index is -0.506. The highest BCUT2D eigenvalue weighted by Gasteiger charge is 2.52. The molecule has 3 atom stereocenters. The summed E-state index contributed by atoms with van der Waals surface area (Å²) in [6, 6.07) is 5.81. The van der Waals surface area contributed by atoms with Gasteiger partial charge in [-0.3, -0.25) is 4.90 Å². The molecule has 0 bridgehead atoms. The van der Waals surface area contributed by atoms with Gasteiger partial charge in [0.05, 0.1) is 24.1 Å². The highest BCUT2D eigenvalue weighted by molar-refractivity contribution is 5.60. The molecule has 2 aliphatic heterocycles. The van der Waals surface area contributed by atoms with Crippen molar-refractivity contribution in [2.24, 2.45) is 0 Å². The molecule has 5 heteroatoms. The Morgan fingerprint density at radius 1 is 1.45 bits per heavy atom. The van der Waals surface area contributed by atoms with E-state index in [0.29, 0.717) is 25.3 Å². The van der Waals surface area contributed by atoms with Gasteiger partial charge in [0.15, 0.2) is 11.5 Å². The van der Waals surface area contributed by atoms with Crippen molar-refractivity contribution in [3.63, 3.8) is 0 Å². The lowest BCUT2D eigenvalue weighted by Crippen LogP contribution is -2.43. The molecule has 2 N–H and O–H groups in total. The van der Waals surface area contributed by atoms with Crippen LogP contribution in [0.15, 0.2) is 24.3 Å². The van der Waals surface area contributed by atoms with Crippen LogP contribution in [0.2, 0.25) is 0 Å². The summed E-state index contributed by atoms with van der Waals surface area (Å²) in [7, 11) is 0. The standard InChI is InChI=1S/C17H18N2O3/c18-6-8-19-7-5-17-4-3-12(20)9-14(17)22-16-13(21)2-1-11(10-19)15(16)17/h1-4,12,14,20-21H,5,7-10H2/t12-,14?,17?/m0/s1. The van der Waals surface area contributed by atoms with Gasteiger partial charge in [0, 0.05) is 25.1 Å². The summed E-state index contributed by atoms with van der Waals surface area (Å²) in [5, 5.41) is 29.1. The summed E-state index contributed by atoms with van der Waals surface area (Å²) in [6.07, 6.45) is 4.58. The Morgan fingerprint density at radius 2 is 2.32 bits per heavy atom. The van der Waals surface area contributed by atoms with E-state index < -0.39 is 6.10 Å². The smallest absolute Gasteiger partial charge is 0.165 e. The van der Waals surface area contributed by atoms with Crippen LogP contribution in [0, 0.1) is 11.3 Å². The second kappa shape index (κ2) is 4.73. The Morgan fingerprint density at radius 3 is 3.14 bits per heavy atom. The highest BCUT2D eigenvalue weighted by Crippen LogP contribution is 2.55. The Bertz CT molecular complexity index is 694. The monoisotopic (exact) mass is 298 g/mol. The van der Waals surface area contributed by atoms with E-state index in [4.69, 9.17) is 10.00 Å². The van der Waals surface area contributed by atoms with Gasteiger partial charge in [0.2, 0.25) is 0 Å². The summed E-state index contributed by atoms with van der Waals surface area (Å²) < 4.78 is 6.03. The molecule has 1 aliphatic carbocycles. The van der Waals surface area contributed by atoms with Crippen LogP contribution in [-0.4, -0.2) is 40.4 Å². The number of nitrogens with zero attached hydrogens (tertiary/aromatic N) is 2. The number of aliphatic hydroxyl groups excluding tert-OH is 1. The quantitative estimate of drug-likeness (QED) is 0.606. The van der Waals surface area contributed by atoms with Crippen LogP contribution in [0.5, 0.6) is 11.5 Å². The molecule has 5 nitrogen and oxygen atoms in total. The number of rotatable bonds is 1. The van der Waals surface area contributed by atoms with Crippen molar-refractivity contribution in [1.82, 2.24) is 4.90 Å². The summed E-state index contributed by atoms with van der Waals surface area (Å²) in [4.78, 5) is 2.12. The van der Waals surface area contributed by atoms with Gasteiger partial charge >= 0.3 is 0 Å². The van der Waals surface area contributed by atoms with Gasteiger partial charge in [-0.1, -0.05) is 18.2 Å². The molecule has 0 saturated heterocycles. The molecule has 0 aromatic heterocycles. The molecule has 2 unspecified atom stereocenters. The van der Waals surface area contributed by atoms with E-state index in [1.54, 1.807) is 6.07 Å². The predicted octanol–water partition coefficient (Wildman–Crippen LogP) is 1.44. The second-order valence-corrected chi connectivity index (χ2v) is 6.38. The molecule has 2 heterocycles. The van der Waals surface area contributed by atoms with Crippen molar-refractivity contribution in [3.8, 4) is 17.6 Å². The molecule has 0 fully saturated rings. The summed E-state index contributed by atoms with van der Waals surface area (Å²) >= 11 is 0. The number of ether oxygens (including phenoxy) is 1. The number of phenols is 1. The van der Waals surface area contributed by atoms with Crippen LogP contribution < -0.4 is 4.74 Å². The maximum absolute atomic E-state index is 10.2. The summed E-state index contributed by atoms with van der Waals surface area (Å²) in [6.45, 7) is 1.87. The molecule has 1 aromatic carbocycles. The minimum absolute atomic E-state index is 0.156. The molecule has 114 valence electrons. The zero-order valence-corrected chi connectivity index (χ0v) is 12.2. The number of aliphatic hydroxyl groups is 1. The largest absolute Gasteiger partial charge is 0.504 e. The zero-order chi connectivity index (χ0) is 15.3. The fourth-order valence-corrected chi connectivity index (χ4v) is 4.08. The van der Waals surface area contributed by atoms with Crippen molar-refractivity contribution in [2.45, 2.75) is 37.0 Å². The number of benzene rings is 1. The molecule has 3 aliphatic rings. The van der Waals surface area contributed by atoms with E-state index >= 15 is 0 Å². The average molecular weight is 298 g/mol. The van der Waals surface area contributed by atoms with Crippen LogP contribution in [0.4, 0.5) is 0 Å². The van der Waals surface area contributed by atoms with Gasteiger partial charge in [-0.05, 0) is 18.1 Å². The van der Waals surface area contributed by atoms with Gasteiger partial charge in [-0.25, -0.2) is 0 Å². The number of nitriles is 1. The van der Waals surface area contributed by atoms with Gasteiger partial charge < -0.3 is 14.9 Å². The molecule has 1 spiro atoms. The lowest BCUT2D eigenvalue weighted by molar-refractivity contribution is 0.0817. The van der Waals surface area contributed by atoms with E-state index in [0.717, 1.165) is 24.1 Å². The van der Waals surface area contributed by atoms with Gasteiger partial charge in [0.25, 0.3) is 0 Å². The Hall–Kier alpha value is -2.03. The molecular formula is C17H18N2O3. The Balaban J connectivity index is 1.88. The highest BCUT2D eigenvalue weighted by atomic mass is 16.5. The van der Waals surface area contributed by atoms with Gasteiger partial charge in [-0.15, -0.1) is 0 Å². The maximum Gasteiger partial charge on any atom is 0.165 e. The predicted molar refractivity (Wildman–Crippen MR) is 79.5 cm³/mol. The van der Waals surface area contributed by atoms with E-state index in [1.807, 2.05) is 12.1 Å². The first-order chi connectivity index (χ1) is 10.6.